The van der Waals surface area contributed by atoms with E-state index in [1.54, 1.807) is 0 Å². The molecule has 2 fully saturated rings. The van der Waals surface area contributed by atoms with E-state index in [1.165, 1.54) is 12.8 Å². The van der Waals surface area contributed by atoms with Crippen LogP contribution in [0.15, 0.2) is 0 Å². The van der Waals surface area contributed by atoms with Crippen LogP contribution in [0.3, 0.4) is 0 Å². The van der Waals surface area contributed by atoms with Crippen molar-refractivity contribution in [3.63, 3.8) is 0 Å². The summed E-state index contributed by atoms with van der Waals surface area (Å²) in [6, 6.07) is 0.509. The lowest BCUT2D eigenvalue weighted by atomic mass is 10.2. The summed E-state index contributed by atoms with van der Waals surface area (Å²) in [6.45, 7) is 6.62. The number of rotatable bonds is 0. The summed E-state index contributed by atoms with van der Waals surface area (Å²) in [7, 11) is 0. The number of nitrogens with zero attached hydrogens (tertiary/aromatic N) is 1. The third-order valence-corrected chi connectivity index (χ3v) is 2.65. The Bertz CT molecular complexity index is 232. The van der Waals surface area contributed by atoms with Crippen LogP contribution in [0.2, 0.25) is 0 Å². The molecule has 0 radical (unpaired) electrons. The number of hydrogen-bond acceptors (Lipinski definition) is 2. The number of ether oxygens (including phenoxy) is 1. The van der Waals surface area contributed by atoms with Crippen LogP contribution in [0, 0.1) is 5.92 Å². The van der Waals surface area contributed by atoms with Crippen LogP contribution in [-0.2, 0) is 4.74 Å². The molecule has 1 saturated carbocycles. The standard InChI is InChI=1S/C10H17NO2/c1-10(2,3)13-9(12)11-5-4-7-6-8(7)11/h7-8H,4-6H2,1-3H3/t7-,8+/m0/s1. The van der Waals surface area contributed by atoms with E-state index in [4.69, 9.17) is 4.74 Å². The molecule has 3 heteroatoms. The van der Waals surface area contributed by atoms with Crippen LogP contribution in [0.1, 0.15) is 33.6 Å². The zero-order chi connectivity index (χ0) is 9.64. The quantitative estimate of drug-likeness (QED) is 0.575. The lowest BCUT2D eigenvalue weighted by Crippen LogP contribution is -2.36. The topological polar surface area (TPSA) is 29.5 Å². The number of likely N-dealkylation sites (tertiary alicyclic amines) is 1. The predicted octanol–water partition coefficient (Wildman–Crippen LogP) is 2.02. The van der Waals surface area contributed by atoms with Crippen molar-refractivity contribution in [3.8, 4) is 0 Å². The van der Waals surface area contributed by atoms with Gasteiger partial charge < -0.3 is 9.64 Å². The largest absolute Gasteiger partial charge is 0.444 e. The number of fused-ring (bicyclic) bond motifs is 1. The minimum absolute atomic E-state index is 0.127. The van der Waals surface area contributed by atoms with E-state index >= 15 is 0 Å². The second-order valence-corrected chi connectivity index (χ2v) is 5.03. The highest BCUT2D eigenvalue weighted by molar-refractivity contribution is 5.69. The van der Waals surface area contributed by atoms with Crippen molar-refractivity contribution < 1.29 is 9.53 Å². The number of piperidine rings is 1. The van der Waals surface area contributed by atoms with Gasteiger partial charge in [-0.1, -0.05) is 0 Å². The summed E-state index contributed by atoms with van der Waals surface area (Å²) in [5.74, 6) is 0.785. The molecule has 3 nitrogen and oxygen atoms in total. The van der Waals surface area contributed by atoms with Crippen molar-refractivity contribution in [2.24, 2.45) is 5.92 Å². The van der Waals surface area contributed by atoms with E-state index in [9.17, 15) is 4.79 Å². The Kier molecular flexibility index (Phi) is 1.79. The van der Waals surface area contributed by atoms with Gasteiger partial charge in [-0.05, 0) is 39.5 Å². The van der Waals surface area contributed by atoms with Gasteiger partial charge in [0.15, 0.2) is 0 Å². The normalized spacial score (nSPS) is 31.5. The fourth-order valence-electron chi connectivity index (χ4n) is 1.94. The molecule has 0 aromatic carbocycles. The molecule has 74 valence electrons. The third-order valence-electron chi connectivity index (χ3n) is 2.65. The van der Waals surface area contributed by atoms with Crippen molar-refractivity contribution in [1.82, 2.24) is 4.90 Å². The lowest BCUT2D eigenvalue weighted by molar-refractivity contribution is 0.0264. The van der Waals surface area contributed by atoms with Crippen LogP contribution in [0.25, 0.3) is 0 Å². The SMILES string of the molecule is CC(C)(C)OC(=O)N1CC[C@H]2C[C@H]21. The van der Waals surface area contributed by atoms with Gasteiger partial charge in [-0.2, -0.15) is 0 Å². The monoisotopic (exact) mass is 183 g/mol. The molecule has 0 N–H and O–H groups in total. The minimum Gasteiger partial charge on any atom is -0.444 e. The summed E-state index contributed by atoms with van der Waals surface area (Å²) in [5, 5.41) is 0. The molecule has 0 aromatic heterocycles. The van der Waals surface area contributed by atoms with Crippen LogP contribution in [0.4, 0.5) is 4.79 Å². The van der Waals surface area contributed by atoms with Gasteiger partial charge in [-0.3, -0.25) is 0 Å². The van der Waals surface area contributed by atoms with Gasteiger partial charge in [-0.15, -0.1) is 0 Å². The van der Waals surface area contributed by atoms with E-state index in [1.807, 2.05) is 25.7 Å². The van der Waals surface area contributed by atoms with Gasteiger partial charge in [0.1, 0.15) is 5.60 Å². The van der Waals surface area contributed by atoms with E-state index in [-0.39, 0.29) is 11.7 Å². The number of carbonyl (C=O) groups excluding carboxylic acids is 1. The van der Waals surface area contributed by atoms with E-state index in [2.05, 4.69) is 0 Å². The third kappa shape index (κ3) is 1.79. The predicted molar refractivity (Wildman–Crippen MR) is 49.5 cm³/mol. The van der Waals surface area contributed by atoms with E-state index in [0.29, 0.717) is 6.04 Å². The first-order valence-electron chi connectivity index (χ1n) is 4.97. The molecule has 1 saturated heterocycles. The molecule has 1 amide bonds. The van der Waals surface area contributed by atoms with Gasteiger partial charge >= 0.3 is 6.09 Å². The van der Waals surface area contributed by atoms with Gasteiger partial charge in [0.2, 0.25) is 0 Å². The van der Waals surface area contributed by atoms with Gasteiger partial charge in [0.05, 0.1) is 0 Å². The smallest absolute Gasteiger partial charge is 0.410 e. The first-order chi connectivity index (χ1) is 5.97. The average molecular weight is 183 g/mol. The Hall–Kier alpha value is -0.730. The van der Waals surface area contributed by atoms with Crippen LogP contribution >= 0.6 is 0 Å². The zero-order valence-corrected chi connectivity index (χ0v) is 8.54. The Morgan fingerprint density at radius 2 is 2.15 bits per heavy atom. The molecule has 0 bridgehead atoms. The van der Waals surface area contributed by atoms with Gasteiger partial charge in [-0.25, -0.2) is 4.79 Å². The van der Waals surface area contributed by atoms with Crippen LogP contribution in [0.5, 0.6) is 0 Å². The Balaban J connectivity index is 1.90. The van der Waals surface area contributed by atoms with Crippen LogP contribution in [-0.4, -0.2) is 29.2 Å². The van der Waals surface area contributed by atoms with E-state index < -0.39 is 0 Å². The molecule has 0 unspecified atom stereocenters. The minimum atomic E-state index is -0.357. The zero-order valence-electron chi connectivity index (χ0n) is 8.54. The maximum absolute atomic E-state index is 11.6. The van der Waals surface area contributed by atoms with Gasteiger partial charge in [0.25, 0.3) is 0 Å². The fraction of sp³-hybridized carbons (Fsp3) is 0.900. The number of amides is 1. The molecule has 0 spiro atoms. The van der Waals surface area contributed by atoms with Crippen LogP contribution < -0.4 is 0 Å². The van der Waals surface area contributed by atoms with Crippen molar-refractivity contribution in [1.29, 1.82) is 0 Å². The Morgan fingerprint density at radius 3 is 2.54 bits per heavy atom. The second-order valence-electron chi connectivity index (χ2n) is 5.03. The van der Waals surface area contributed by atoms with Gasteiger partial charge in [0, 0.05) is 12.6 Å². The summed E-state index contributed by atoms with van der Waals surface area (Å²) >= 11 is 0. The summed E-state index contributed by atoms with van der Waals surface area (Å²) in [5.41, 5.74) is -0.357. The summed E-state index contributed by atoms with van der Waals surface area (Å²) < 4.78 is 5.31. The maximum atomic E-state index is 11.6. The number of carbonyl (C=O) groups is 1. The first-order valence-corrected chi connectivity index (χ1v) is 4.97. The average Bonchev–Trinajstić information content (AvgIpc) is 2.59. The highest BCUT2D eigenvalue weighted by Gasteiger charge is 2.49. The molecule has 1 aliphatic carbocycles. The highest BCUT2D eigenvalue weighted by Crippen LogP contribution is 2.44. The van der Waals surface area contributed by atoms with Crippen molar-refractivity contribution >= 4 is 6.09 Å². The molecule has 1 aliphatic heterocycles. The molecule has 2 rings (SSSR count). The fourth-order valence-corrected chi connectivity index (χ4v) is 1.94. The molecule has 13 heavy (non-hydrogen) atoms. The van der Waals surface area contributed by atoms with Crippen molar-refractivity contribution in [2.75, 3.05) is 6.54 Å². The molecular formula is C10H17NO2. The summed E-state index contributed by atoms with van der Waals surface area (Å²) in [4.78, 5) is 13.5. The molecule has 2 atom stereocenters. The number of hydrogen-bond donors (Lipinski definition) is 0. The lowest BCUT2D eigenvalue weighted by Gasteiger charge is -2.25. The second kappa shape index (κ2) is 2.63. The first kappa shape index (κ1) is 8.85. The van der Waals surface area contributed by atoms with Crippen molar-refractivity contribution in [2.45, 2.75) is 45.3 Å². The maximum Gasteiger partial charge on any atom is 0.410 e. The summed E-state index contributed by atoms with van der Waals surface area (Å²) in [6.07, 6.45) is 2.24. The highest BCUT2D eigenvalue weighted by atomic mass is 16.6. The van der Waals surface area contributed by atoms with Crippen molar-refractivity contribution in [3.05, 3.63) is 0 Å². The molecule has 0 aromatic rings. The van der Waals surface area contributed by atoms with E-state index in [0.717, 1.165) is 12.5 Å². The molecular weight excluding hydrogens is 166 g/mol. The molecule has 1 heterocycles. The Morgan fingerprint density at radius 1 is 1.46 bits per heavy atom. The molecule has 2 aliphatic rings. The Labute approximate surface area is 79.0 Å².